The maximum absolute atomic E-state index is 5.38. The van der Waals surface area contributed by atoms with Gasteiger partial charge in [0.15, 0.2) is 0 Å². The van der Waals surface area contributed by atoms with E-state index in [1.165, 1.54) is 11.1 Å². The third-order valence-corrected chi connectivity index (χ3v) is 4.93. The van der Waals surface area contributed by atoms with Crippen molar-refractivity contribution in [2.45, 2.75) is 19.5 Å². The van der Waals surface area contributed by atoms with E-state index < -0.39 is 0 Å². The van der Waals surface area contributed by atoms with Crippen LogP contribution in [0.1, 0.15) is 16.8 Å². The molecule has 1 aliphatic heterocycles. The Bertz CT molecular complexity index is 944. The summed E-state index contributed by atoms with van der Waals surface area (Å²) in [5.74, 6) is 2.26. The molecule has 2 heterocycles. The molecule has 3 aromatic rings. The lowest BCUT2D eigenvalue weighted by Crippen LogP contribution is -2.31. The Kier molecular flexibility index (Phi) is 5.39. The van der Waals surface area contributed by atoms with Crippen molar-refractivity contribution in [2.24, 2.45) is 0 Å². The van der Waals surface area contributed by atoms with Gasteiger partial charge in [-0.1, -0.05) is 24.3 Å². The van der Waals surface area contributed by atoms with Gasteiger partial charge in [-0.2, -0.15) is 0 Å². The molecular formula is C22H24N4O2. The van der Waals surface area contributed by atoms with Gasteiger partial charge in [-0.3, -0.25) is 4.90 Å². The fourth-order valence-electron chi connectivity index (χ4n) is 3.43. The number of benzene rings is 2. The van der Waals surface area contributed by atoms with Crippen LogP contribution in [0.15, 0.2) is 54.7 Å². The molecule has 0 fully saturated rings. The first-order valence-corrected chi connectivity index (χ1v) is 9.35. The van der Waals surface area contributed by atoms with Crippen LogP contribution in [-0.2, 0) is 19.5 Å². The molecule has 0 atom stereocenters. The number of nitrogens with zero attached hydrogens (tertiary/aromatic N) is 3. The van der Waals surface area contributed by atoms with Crippen molar-refractivity contribution in [3.8, 4) is 11.5 Å². The number of hydrogen-bond acceptors (Lipinski definition) is 6. The summed E-state index contributed by atoms with van der Waals surface area (Å²) in [6, 6.07) is 16.0. The van der Waals surface area contributed by atoms with Crippen LogP contribution in [-0.4, -0.2) is 35.6 Å². The average Bonchev–Trinajstić information content (AvgIpc) is 2.75. The Labute approximate surface area is 165 Å². The van der Waals surface area contributed by atoms with Gasteiger partial charge in [0.1, 0.15) is 11.5 Å². The SMILES string of the molecule is COc1ccc(CN2CCc3nc(Nc4ccccc4OC)ncc3C2)cc1. The molecule has 0 amide bonds. The minimum atomic E-state index is 0.604. The number of methoxy groups -OCH3 is 2. The molecular weight excluding hydrogens is 352 g/mol. The first-order chi connectivity index (χ1) is 13.7. The van der Waals surface area contributed by atoms with Crippen LogP contribution in [0, 0.1) is 0 Å². The molecule has 6 heteroatoms. The Morgan fingerprint density at radius 3 is 2.64 bits per heavy atom. The summed E-state index contributed by atoms with van der Waals surface area (Å²) < 4.78 is 10.6. The molecule has 0 spiro atoms. The summed E-state index contributed by atoms with van der Waals surface area (Å²) in [5.41, 5.74) is 4.44. The van der Waals surface area contributed by atoms with Crippen molar-refractivity contribution in [1.82, 2.24) is 14.9 Å². The number of ether oxygens (including phenoxy) is 2. The van der Waals surface area contributed by atoms with Crippen molar-refractivity contribution in [3.63, 3.8) is 0 Å². The van der Waals surface area contributed by atoms with Crippen molar-refractivity contribution >= 4 is 11.6 Å². The number of nitrogens with one attached hydrogen (secondary N) is 1. The van der Waals surface area contributed by atoms with E-state index in [2.05, 4.69) is 27.3 Å². The van der Waals surface area contributed by atoms with Crippen LogP contribution in [0.3, 0.4) is 0 Å². The van der Waals surface area contributed by atoms with E-state index in [-0.39, 0.29) is 0 Å². The largest absolute Gasteiger partial charge is 0.497 e. The molecule has 0 radical (unpaired) electrons. The van der Waals surface area contributed by atoms with Crippen molar-refractivity contribution in [3.05, 3.63) is 71.5 Å². The van der Waals surface area contributed by atoms with E-state index >= 15 is 0 Å². The number of fused-ring (bicyclic) bond motifs is 1. The minimum Gasteiger partial charge on any atom is -0.497 e. The summed E-state index contributed by atoms with van der Waals surface area (Å²) in [6.45, 7) is 2.74. The average molecular weight is 376 g/mol. The topological polar surface area (TPSA) is 59.5 Å². The van der Waals surface area contributed by atoms with E-state index in [0.717, 1.165) is 48.9 Å². The molecule has 1 N–H and O–H groups in total. The van der Waals surface area contributed by atoms with E-state index in [9.17, 15) is 0 Å². The molecule has 28 heavy (non-hydrogen) atoms. The Hall–Kier alpha value is -3.12. The Balaban J connectivity index is 1.43. The zero-order valence-electron chi connectivity index (χ0n) is 16.2. The molecule has 4 rings (SSSR count). The summed E-state index contributed by atoms with van der Waals surface area (Å²) in [5, 5.41) is 3.26. The van der Waals surface area contributed by atoms with Crippen molar-refractivity contribution in [1.29, 1.82) is 0 Å². The molecule has 0 unspecified atom stereocenters. The molecule has 0 saturated heterocycles. The van der Waals surface area contributed by atoms with Gasteiger partial charge in [-0.25, -0.2) is 9.97 Å². The highest BCUT2D eigenvalue weighted by atomic mass is 16.5. The van der Waals surface area contributed by atoms with Gasteiger partial charge in [-0.05, 0) is 29.8 Å². The Morgan fingerprint density at radius 1 is 1.04 bits per heavy atom. The van der Waals surface area contributed by atoms with E-state index in [4.69, 9.17) is 14.5 Å². The zero-order valence-corrected chi connectivity index (χ0v) is 16.2. The summed E-state index contributed by atoms with van der Waals surface area (Å²) >= 11 is 0. The lowest BCUT2D eigenvalue weighted by molar-refractivity contribution is 0.243. The maximum atomic E-state index is 5.38. The molecule has 0 saturated carbocycles. The van der Waals surface area contributed by atoms with Gasteiger partial charge in [0.05, 0.1) is 25.6 Å². The second-order valence-electron chi connectivity index (χ2n) is 6.80. The molecule has 6 nitrogen and oxygen atoms in total. The lowest BCUT2D eigenvalue weighted by atomic mass is 10.1. The standard InChI is InChI=1S/C22H24N4O2/c1-27-18-9-7-16(8-10-18)14-26-12-11-19-17(15-26)13-23-22(24-19)25-20-5-3-4-6-21(20)28-2/h3-10,13H,11-12,14-15H2,1-2H3,(H,23,24,25). The van der Waals surface area contributed by atoms with Crippen LogP contribution in [0.5, 0.6) is 11.5 Å². The summed E-state index contributed by atoms with van der Waals surface area (Å²) in [4.78, 5) is 11.7. The molecule has 0 aliphatic carbocycles. The second-order valence-corrected chi connectivity index (χ2v) is 6.80. The maximum Gasteiger partial charge on any atom is 0.227 e. The molecule has 2 aromatic carbocycles. The minimum absolute atomic E-state index is 0.604. The van der Waals surface area contributed by atoms with E-state index in [0.29, 0.717) is 5.95 Å². The van der Waals surface area contributed by atoms with Crippen LogP contribution in [0.4, 0.5) is 11.6 Å². The predicted molar refractivity (Wildman–Crippen MR) is 109 cm³/mol. The predicted octanol–water partition coefficient (Wildman–Crippen LogP) is 3.80. The zero-order chi connectivity index (χ0) is 19.3. The smallest absolute Gasteiger partial charge is 0.227 e. The number of rotatable bonds is 6. The van der Waals surface area contributed by atoms with Gasteiger partial charge in [0, 0.05) is 37.8 Å². The van der Waals surface area contributed by atoms with Gasteiger partial charge in [-0.15, -0.1) is 0 Å². The highest BCUT2D eigenvalue weighted by Crippen LogP contribution is 2.27. The Morgan fingerprint density at radius 2 is 1.86 bits per heavy atom. The second kappa shape index (κ2) is 8.27. The van der Waals surface area contributed by atoms with Crippen LogP contribution in [0.2, 0.25) is 0 Å². The lowest BCUT2D eigenvalue weighted by Gasteiger charge is -2.28. The van der Waals surface area contributed by atoms with Crippen LogP contribution in [0.25, 0.3) is 0 Å². The van der Waals surface area contributed by atoms with Gasteiger partial charge in [0.2, 0.25) is 5.95 Å². The number of hydrogen-bond donors (Lipinski definition) is 1. The van der Waals surface area contributed by atoms with Crippen molar-refractivity contribution < 1.29 is 9.47 Å². The normalized spacial score (nSPS) is 13.6. The fraction of sp³-hybridized carbons (Fsp3) is 0.273. The van der Waals surface area contributed by atoms with Crippen molar-refractivity contribution in [2.75, 3.05) is 26.1 Å². The highest BCUT2D eigenvalue weighted by Gasteiger charge is 2.19. The monoisotopic (exact) mass is 376 g/mol. The van der Waals surface area contributed by atoms with Gasteiger partial charge < -0.3 is 14.8 Å². The number of aromatic nitrogens is 2. The first-order valence-electron chi connectivity index (χ1n) is 9.35. The number of para-hydroxylation sites is 2. The fourth-order valence-corrected chi connectivity index (χ4v) is 3.43. The molecule has 1 aromatic heterocycles. The molecule has 0 bridgehead atoms. The van der Waals surface area contributed by atoms with Crippen LogP contribution >= 0.6 is 0 Å². The molecule has 1 aliphatic rings. The third kappa shape index (κ3) is 4.07. The first kappa shape index (κ1) is 18.3. The summed E-state index contributed by atoms with van der Waals surface area (Å²) in [6.07, 6.45) is 2.84. The van der Waals surface area contributed by atoms with E-state index in [1.807, 2.05) is 42.6 Å². The highest BCUT2D eigenvalue weighted by molar-refractivity contribution is 5.62. The quantitative estimate of drug-likeness (QED) is 0.706. The van der Waals surface area contributed by atoms with Crippen LogP contribution < -0.4 is 14.8 Å². The van der Waals surface area contributed by atoms with Gasteiger partial charge >= 0.3 is 0 Å². The summed E-state index contributed by atoms with van der Waals surface area (Å²) in [7, 11) is 3.35. The third-order valence-electron chi connectivity index (χ3n) is 4.93. The number of anilines is 2. The van der Waals surface area contributed by atoms with E-state index in [1.54, 1.807) is 14.2 Å². The molecule has 144 valence electrons. The van der Waals surface area contributed by atoms with Gasteiger partial charge in [0.25, 0.3) is 0 Å².